The molecule has 0 aromatic heterocycles. The maximum Gasteiger partial charge on any atom is 0.303 e. The second-order valence-corrected chi connectivity index (χ2v) is 11.2. The molecule has 0 aliphatic rings. The number of nitrogens with two attached hydrogens (primary N) is 1. The summed E-state index contributed by atoms with van der Waals surface area (Å²) in [6, 6.07) is 33.3. The van der Waals surface area contributed by atoms with Crippen molar-refractivity contribution in [1.29, 1.82) is 0 Å². The molecule has 4 rings (SSSR count). The fourth-order valence-electron chi connectivity index (χ4n) is 4.32. The Morgan fingerprint density at radius 2 is 1.42 bits per heavy atom. The van der Waals surface area contributed by atoms with Gasteiger partial charge in [0.15, 0.2) is 9.84 Å². The first-order valence-corrected chi connectivity index (χ1v) is 14.0. The predicted octanol–water partition coefficient (Wildman–Crippen LogP) is 5.54. The Hall–Kier alpha value is -4.23. The molecule has 4 aromatic rings. The topological polar surface area (TPSA) is 110 Å². The number of nitrogens with zero attached hydrogens (tertiary/aromatic N) is 1. The molecule has 4 aromatic carbocycles. The molecule has 7 heteroatoms. The van der Waals surface area contributed by atoms with Crippen molar-refractivity contribution in [2.45, 2.75) is 30.1 Å². The first-order valence-electron chi connectivity index (χ1n) is 12.4. The van der Waals surface area contributed by atoms with Crippen LogP contribution in [0.25, 0.3) is 0 Å². The standard InChI is InChI=1S/C31H30N2O4S/c32-31(26-11-5-2-6-12-26)33-28-13-7-8-24(20-28)15-14-23-16-18-29(19-17-23)38(36,37)22-27(21-30(34)35)25-9-3-1-4-10-25/h1-13,16-20,27H,14-15,21-22H2,(H2,32,33)(H,34,35). The van der Waals surface area contributed by atoms with Crippen molar-refractivity contribution in [2.24, 2.45) is 10.7 Å². The number of rotatable bonds is 11. The number of carboxylic acids is 1. The Bertz CT molecular complexity index is 1500. The molecule has 0 fully saturated rings. The Morgan fingerprint density at radius 1 is 0.789 bits per heavy atom. The minimum Gasteiger partial charge on any atom is -0.481 e. The molecule has 0 heterocycles. The normalized spacial score (nSPS) is 12.7. The van der Waals surface area contributed by atoms with Gasteiger partial charge in [-0.25, -0.2) is 13.4 Å². The number of aliphatic imine (C=N–C) groups is 1. The van der Waals surface area contributed by atoms with Crippen LogP contribution in [0.4, 0.5) is 5.69 Å². The predicted molar refractivity (Wildman–Crippen MR) is 151 cm³/mol. The second-order valence-electron chi connectivity index (χ2n) is 9.16. The van der Waals surface area contributed by atoms with Crippen LogP contribution in [0.2, 0.25) is 0 Å². The zero-order chi connectivity index (χ0) is 27.0. The molecule has 3 N–H and O–H groups in total. The summed E-state index contributed by atoms with van der Waals surface area (Å²) < 4.78 is 26.2. The van der Waals surface area contributed by atoms with Gasteiger partial charge in [-0.2, -0.15) is 0 Å². The van der Waals surface area contributed by atoms with Gasteiger partial charge in [-0.1, -0.05) is 84.9 Å². The van der Waals surface area contributed by atoms with E-state index in [2.05, 4.69) is 4.99 Å². The molecular weight excluding hydrogens is 496 g/mol. The molecule has 0 bridgehead atoms. The highest BCUT2D eigenvalue weighted by atomic mass is 32.2. The van der Waals surface area contributed by atoms with Crippen molar-refractivity contribution in [2.75, 3.05) is 5.75 Å². The van der Waals surface area contributed by atoms with E-state index >= 15 is 0 Å². The maximum atomic E-state index is 13.1. The van der Waals surface area contributed by atoms with Crippen molar-refractivity contribution in [1.82, 2.24) is 0 Å². The third-order valence-electron chi connectivity index (χ3n) is 6.33. The molecule has 1 atom stereocenters. The van der Waals surface area contributed by atoms with Crippen LogP contribution in [-0.4, -0.2) is 31.1 Å². The fraction of sp³-hybridized carbons (Fsp3) is 0.161. The van der Waals surface area contributed by atoms with Gasteiger partial charge in [0, 0.05) is 11.5 Å². The van der Waals surface area contributed by atoms with Gasteiger partial charge in [-0.05, 0) is 53.8 Å². The Balaban J connectivity index is 1.41. The van der Waals surface area contributed by atoms with E-state index in [0.29, 0.717) is 11.4 Å². The number of aliphatic carboxylic acids is 1. The van der Waals surface area contributed by atoms with Gasteiger partial charge in [0.25, 0.3) is 0 Å². The lowest BCUT2D eigenvalue weighted by molar-refractivity contribution is -0.137. The number of hydrogen-bond acceptors (Lipinski definition) is 4. The highest BCUT2D eigenvalue weighted by molar-refractivity contribution is 7.91. The number of aryl methyl sites for hydroxylation is 2. The summed E-state index contributed by atoms with van der Waals surface area (Å²) in [5.74, 6) is -1.45. The van der Waals surface area contributed by atoms with Crippen molar-refractivity contribution >= 4 is 27.3 Å². The molecule has 6 nitrogen and oxygen atoms in total. The minimum atomic E-state index is -3.67. The molecule has 38 heavy (non-hydrogen) atoms. The summed E-state index contributed by atoms with van der Waals surface area (Å²) >= 11 is 0. The van der Waals surface area contributed by atoms with Crippen molar-refractivity contribution < 1.29 is 18.3 Å². The van der Waals surface area contributed by atoms with Crippen LogP contribution in [0.1, 0.15) is 34.6 Å². The SMILES string of the molecule is NC(=Nc1cccc(CCc2ccc(S(=O)(=O)CC(CC(=O)O)c3ccccc3)cc2)c1)c1ccccc1. The van der Waals surface area contributed by atoms with Gasteiger partial charge >= 0.3 is 5.97 Å². The zero-order valence-corrected chi connectivity index (χ0v) is 21.7. The second kappa shape index (κ2) is 12.3. The lowest BCUT2D eigenvalue weighted by Gasteiger charge is -2.16. The quantitative estimate of drug-likeness (QED) is 0.197. The lowest BCUT2D eigenvalue weighted by Crippen LogP contribution is -2.18. The Labute approximate surface area is 223 Å². The van der Waals surface area contributed by atoms with E-state index in [9.17, 15) is 18.3 Å². The summed E-state index contributed by atoms with van der Waals surface area (Å²) in [7, 11) is -3.67. The Kier molecular flexibility index (Phi) is 8.71. The summed E-state index contributed by atoms with van der Waals surface area (Å²) in [5.41, 5.74) is 10.6. The molecule has 194 valence electrons. The number of hydrogen-bond donors (Lipinski definition) is 2. The van der Waals surface area contributed by atoms with E-state index in [-0.39, 0.29) is 17.1 Å². The minimum absolute atomic E-state index is 0.195. The Morgan fingerprint density at radius 3 is 2.08 bits per heavy atom. The van der Waals surface area contributed by atoms with Gasteiger partial charge in [-0.15, -0.1) is 0 Å². The maximum absolute atomic E-state index is 13.1. The van der Waals surface area contributed by atoms with Gasteiger partial charge in [0.05, 0.1) is 22.8 Å². The first kappa shape index (κ1) is 26.8. The number of carbonyl (C=O) groups is 1. The van der Waals surface area contributed by atoms with Gasteiger partial charge in [0.1, 0.15) is 5.84 Å². The summed E-state index contributed by atoms with van der Waals surface area (Å²) in [5, 5.41) is 9.31. The third-order valence-corrected chi connectivity index (χ3v) is 8.16. The molecular formula is C31H30N2O4S. The monoisotopic (exact) mass is 526 g/mol. The molecule has 0 saturated carbocycles. The van der Waals surface area contributed by atoms with Gasteiger partial charge in [0.2, 0.25) is 0 Å². The van der Waals surface area contributed by atoms with Crippen molar-refractivity contribution in [3.8, 4) is 0 Å². The fourth-order valence-corrected chi connectivity index (χ4v) is 5.90. The summed E-state index contributed by atoms with van der Waals surface area (Å²) in [4.78, 5) is 16.1. The van der Waals surface area contributed by atoms with Crippen molar-refractivity contribution in [3.63, 3.8) is 0 Å². The van der Waals surface area contributed by atoms with Crippen LogP contribution in [-0.2, 0) is 27.5 Å². The van der Waals surface area contributed by atoms with E-state index in [1.807, 2.05) is 72.8 Å². The van der Waals surface area contributed by atoms with E-state index in [1.165, 1.54) is 0 Å². The number of amidine groups is 1. The average molecular weight is 527 g/mol. The van der Waals surface area contributed by atoms with Gasteiger partial charge < -0.3 is 10.8 Å². The highest BCUT2D eigenvalue weighted by Gasteiger charge is 2.24. The molecule has 0 radical (unpaired) electrons. The van der Waals surface area contributed by atoms with Crippen LogP contribution in [0.3, 0.4) is 0 Å². The highest BCUT2D eigenvalue weighted by Crippen LogP contribution is 2.25. The van der Waals surface area contributed by atoms with Crippen molar-refractivity contribution in [3.05, 3.63) is 131 Å². The number of benzene rings is 4. The van der Waals surface area contributed by atoms with Crippen LogP contribution in [0.5, 0.6) is 0 Å². The van der Waals surface area contributed by atoms with Crippen LogP contribution in [0, 0.1) is 0 Å². The van der Waals surface area contributed by atoms with E-state index in [4.69, 9.17) is 5.73 Å². The molecule has 0 aliphatic carbocycles. The first-order chi connectivity index (χ1) is 18.3. The van der Waals surface area contributed by atoms with Crippen LogP contribution >= 0.6 is 0 Å². The van der Waals surface area contributed by atoms with Crippen LogP contribution in [0.15, 0.2) is 119 Å². The van der Waals surface area contributed by atoms with Crippen LogP contribution < -0.4 is 5.73 Å². The number of carboxylic acid groups (broad SMARTS) is 1. The lowest BCUT2D eigenvalue weighted by atomic mass is 9.98. The van der Waals surface area contributed by atoms with Gasteiger partial charge in [-0.3, -0.25) is 4.79 Å². The zero-order valence-electron chi connectivity index (χ0n) is 20.9. The van der Waals surface area contributed by atoms with E-state index in [0.717, 1.165) is 35.2 Å². The van der Waals surface area contributed by atoms with E-state index < -0.39 is 21.7 Å². The van der Waals surface area contributed by atoms with E-state index in [1.54, 1.807) is 36.4 Å². The molecule has 0 aliphatic heterocycles. The number of sulfone groups is 1. The third kappa shape index (κ3) is 7.40. The molecule has 0 amide bonds. The largest absolute Gasteiger partial charge is 0.481 e. The average Bonchev–Trinajstić information content (AvgIpc) is 2.92. The molecule has 0 spiro atoms. The summed E-state index contributed by atoms with van der Waals surface area (Å²) in [6.07, 6.45) is 1.24. The smallest absolute Gasteiger partial charge is 0.303 e. The summed E-state index contributed by atoms with van der Waals surface area (Å²) in [6.45, 7) is 0. The molecule has 0 saturated heterocycles. The molecule has 1 unspecified atom stereocenters.